The maximum absolute atomic E-state index is 12.7. The summed E-state index contributed by atoms with van der Waals surface area (Å²) >= 11 is 5.96. The van der Waals surface area contributed by atoms with Crippen LogP contribution in [0.5, 0.6) is 0 Å². The van der Waals surface area contributed by atoms with Gasteiger partial charge in [-0.05, 0) is 29.8 Å². The molecule has 11 heteroatoms. The van der Waals surface area contributed by atoms with Gasteiger partial charge in [-0.2, -0.15) is 26.3 Å². The summed E-state index contributed by atoms with van der Waals surface area (Å²) < 4.78 is 76.0. The summed E-state index contributed by atoms with van der Waals surface area (Å²) in [7, 11) is 0. The van der Waals surface area contributed by atoms with Crippen molar-refractivity contribution < 1.29 is 31.1 Å². The molecule has 1 aliphatic heterocycles. The van der Waals surface area contributed by atoms with Crippen molar-refractivity contribution in [2.45, 2.75) is 12.4 Å². The number of hydrogen-bond acceptors (Lipinski definition) is 3. The molecule has 1 saturated heterocycles. The molecule has 1 aliphatic rings. The first-order valence-electron chi connectivity index (χ1n) is 9.07. The SMILES string of the molecule is O=C(C=Cc1ccc(C(F)(F)F)cc1)N1CCN(c2ncc(C(F)(F)F)cc2Cl)CC1. The van der Waals surface area contributed by atoms with Crippen LogP contribution in [0.25, 0.3) is 6.08 Å². The van der Waals surface area contributed by atoms with E-state index in [0.29, 0.717) is 24.8 Å². The molecule has 0 aliphatic carbocycles. The van der Waals surface area contributed by atoms with Crippen molar-refractivity contribution in [1.82, 2.24) is 9.88 Å². The molecule has 0 N–H and O–H groups in total. The minimum absolute atomic E-state index is 0.128. The fraction of sp³-hybridized carbons (Fsp3) is 0.300. The van der Waals surface area contributed by atoms with Gasteiger partial charge in [0, 0.05) is 38.5 Å². The molecule has 0 bridgehead atoms. The lowest BCUT2D eigenvalue weighted by molar-refractivity contribution is -0.138. The van der Waals surface area contributed by atoms with Gasteiger partial charge < -0.3 is 9.80 Å². The topological polar surface area (TPSA) is 36.4 Å². The van der Waals surface area contributed by atoms with Crippen LogP contribution in [-0.2, 0) is 17.1 Å². The number of piperazine rings is 1. The summed E-state index contributed by atoms with van der Waals surface area (Å²) in [6, 6.07) is 5.22. The third-order valence-electron chi connectivity index (χ3n) is 4.70. The number of hydrogen-bond donors (Lipinski definition) is 0. The highest BCUT2D eigenvalue weighted by atomic mass is 35.5. The Morgan fingerprint density at radius 3 is 2.03 bits per heavy atom. The molecule has 0 atom stereocenters. The molecule has 1 aromatic heterocycles. The second kappa shape index (κ2) is 8.78. The first-order chi connectivity index (χ1) is 14.4. The molecule has 3 rings (SSSR count). The normalized spacial score (nSPS) is 15.6. The molecular weight excluding hydrogens is 448 g/mol. The van der Waals surface area contributed by atoms with Gasteiger partial charge in [0.25, 0.3) is 0 Å². The molecule has 1 fully saturated rings. The standard InChI is InChI=1S/C20H16ClF6N3O/c21-16-11-15(20(25,26)27)12-28-18(16)30-9-7-29(8-10-30)17(31)6-3-13-1-4-14(5-2-13)19(22,23)24/h1-6,11-12H,7-10H2. The summed E-state index contributed by atoms with van der Waals surface area (Å²) in [6.45, 7) is 1.21. The highest BCUT2D eigenvalue weighted by Crippen LogP contribution is 2.34. The molecule has 0 spiro atoms. The summed E-state index contributed by atoms with van der Waals surface area (Å²) in [4.78, 5) is 19.4. The number of halogens is 7. The summed E-state index contributed by atoms with van der Waals surface area (Å²) in [5.74, 6) is -0.118. The Kier molecular flexibility index (Phi) is 6.49. The summed E-state index contributed by atoms with van der Waals surface area (Å²) in [5, 5.41) is -0.128. The number of anilines is 1. The van der Waals surface area contributed by atoms with Gasteiger partial charge >= 0.3 is 12.4 Å². The average molecular weight is 464 g/mol. The van der Waals surface area contributed by atoms with Crippen LogP contribution in [-0.4, -0.2) is 42.0 Å². The van der Waals surface area contributed by atoms with Crippen molar-refractivity contribution in [3.8, 4) is 0 Å². The molecule has 0 unspecified atom stereocenters. The van der Waals surface area contributed by atoms with Gasteiger partial charge in [0.1, 0.15) is 5.82 Å². The zero-order chi connectivity index (χ0) is 22.8. The molecule has 1 aromatic carbocycles. The van der Waals surface area contributed by atoms with Crippen molar-refractivity contribution in [1.29, 1.82) is 0 Å². The van der Waals surface area contributed by atoms with Gasteiger partial charge in [0.15, 0.2) is 0 Å². The number of carbonyl (C=O) groups is 1. The van der Waals surface area contributed by atoms with Crippen molar-refractivity contribution >= 4 is 29.4 Å². The zero-order valence-corrected chi connectivity index (χ0v) is 16.6. The number of amides is 1. The lowest BCUT2D eigenvalue weighted by Gasteiger charge is -2.35. The smallest absolute Gasteiger partial charge is 0.352 e. The van der Waals surface area contributed by atoms with Gasteiger partial charge in [0.05, 0.1) is 16.1 Å². The predicted octanol–water partition coefficient (Wildman–Crippen LogP) is 5.13. The molecule has 2 heterocycles. The number of alkyl halides is 6. The van der Waals surface area contributed by atoms with E-state index in [9.17, 15) is 31.1 Å². The van der Waals surface area contributed by atoms with Crippen molar-refractivity contribution in [2.75, 3.05) is 31.1 Å². The number of carbonyl (C=O) groups excluding carboxylic acids is 1. The van der Waals surface area contributed by atoms with Crippen LogP contribution in [0.4, 0.5) is 32.2 Å². The second-order valence-corrected chi connectivity index (χ2v) is 7.20. The average Bonchev–Trinajstić information content (AvgIpc) is 2.71. The third-order valence-corrected chi connectivity index (χ3v) is 4.97. The van der Waals surface area contributed by atoms with Gasteiger partial charge in [-0.3, -0.25) is 4.79 Å². The predicted molar refractivity (Wildman–Crippen MR) is 104 cm³/mol. The molecule has 2 aromatic rings. The number of aromatic nitrogens is 1. The van der Waals surface area contributed by atoms with Crippen LogP contribution in [0.1, 0.15) is 16.7 Å². The van der Waals surface area contributed by atoms with Gasteiger partial charge in [-0.25, -0.2) is 4.98 Å². The monoisotopic (exact) mass is 463 g/mol. The van der Waals surface area contributed by atoms with E-state index >= 15 is 0 Å². The van der Waals surface area contributed by atoms with Crippen molar-refractivity contribution in [3.63, 3.8) is 0 Å². The van der Waals surface area contributed by atoms with Crippen LogP contribution >= 0.6 is 11.6 Å². The van der Waals surface area contributed by atoms with E-state index in [-0.39, 0.29) is 29.8 Å². The van der Waals surface area contributed by atoms with Crippen LogP contribution in [0, 0.1) is 0 Å². The zero-order valence-electron chi connectivity index (χ0n) is 15.8. The maximum atomic E-state index is 12.7. The molecule has 0 saturated carbocycles. The molecule has 31 heavy (non-hydrogen) atoms. The number of nitrogens with zero attached hydrogens (tertiary/aromatic N) is 3. The largest absolute Gasteiger partial charge is 0.417 e. The quantitative estimate of drug-likeness (QED) is 0.467. The molecule has 4 nitrogen and oxygen atoms in total. The minimum atomic E-state index is -4.54. The van der Waals surface area contributed by atoms with Crippen molar-refractivity contribution in [2.24, 2.45) is 0 Å². The van der Waals surface area contributed by atoms with Crippen molar-refractivity contribution in [3.05, 3.63) is 64.3 Å². The highest BCUT2D eigenvalue weighted by Gasteiger charge is 2.32. The van der Waals surface area contributed by atoms with Gasteiger partial charge in [-0.1, -0.05) is 23.7 Å². The summed E-state index contributed by atoms with van der Waals surface area (Å²) in [5.41, 5.74) is -1.27. The van der Waals surface area contributed by atoms with Crippen LogP contribution in [0.2, 0.25) is 5.02 Å². The Morgan fingerprint density at radius 1 is 0.935 bits per heavy atom. The van der Waals surface area contributed by atoms with E-state index in [2.05, 4.69) is 4.98 Å². The van der Waals surface area contributed by atoms with E-state index in [0.717, 1.165) is 18.2 Å². The van der Waals surface area contributed by atoms with E-state index < -0.39 is 23.5 Å². The van der Waals surface area contributed by atoms with E-state index in [1.54, 1.807) is 4.90 Å². The Labute approximate surface area is 178 Å². The molecule has 166 valence electrons. The van der Waals surface area contributed by atoms with E-state index in [4.69, 9.17) is 11.6 Å². The van der Waals surface area contributed by atoms with Crippen LogP contribution in [0.15, 0.2) is 42.6 Å². The highest BCUT2D eigenvalue weighted by molar-refractivity contribution is 6.33. The number of rotatable bonds is 3. The molecular formula is C20H16ClF6N3O. The van der Waals surface area contributed by atoms with Crippen LogP contribution < -0.4 is 4.90 Å². The Hall–Kier alpha value is -2.75. The second-order valence-electron chi connectivity index (χ2n) is 6.79. The first kappa shape index (κ1) is 22.9. The fourth-order valence-corrected chi connectivity index (χ4v) is 3.30. The Balaban J connectivity index is 1.58. The minimum Gasteiger partial charge on any atom is -0.352 e. The lowest BCUT2D eigenvalue weighted by Crippen LogP contribution is -2.48. The van der Waals surface area contributed by atoms with Gasteiger partial charge in [-0.15, -0.1) is 0 Å². The number of benzene rings is 1. The van der Waals surface area contributed by atoms with E-state index in [1.165, 1.54) is 29.2 Å². The van der Waals surface area contributed by atoms with E-state index in [1.807, 2.05) is 0 Å². The Bertz CT molecular complexity index is 964. The molecule has 1 amide bonds. The Morgan fingerprint density at radius 2 is 1.52 bits per heavy atom. The third kappa shape index (κ3) is 5.69. The van der Waals surface area contributed by atoms with Gasteiger partial charge in [0.2, 0.25) is 5.91 Å². The number of pyridine rings is 1. The summed E-state index contributed by atoms with van der Waals surface area (Å²) in [6.07, 6.45) is -5.57. The maximum Gasteiger partial charge on any atom is 0.417 e. The van der Waals surface area contributed by atoms with Crippen LogP contribution in [0.3, 0.4) is 0 Å². The first-order valence-corrected chi connectivity index (χ1v) is 9.45. The lowest BCUT2D eigenvalue weighted by atomic mass is 10.1. The fourth-order valence-electron chi connectivity index (χ4n) is 3.01. The molecule has 0 radical (unpaired) electrons.